The first kappa shape index (κ1) is 17.4. The van der Waals surface area contributed by atoms with E-state index in [2.05, 4.69) is 48.5 Å². The number of nitrogens with zero attached hydrogens (tertiary/aromatic N) is 2. The number of aromatic nitrogens is 2. The van der Waals surface area contributed by atoms with E-state index in [1.807, 2.05) is 13.8 Å². The molecule has 0 saturated carbocycles. The van der Waals surface area contributed by atoms with Crippen LogP contribution in [0.3, 0.4) is 0 Å². The maximum atomic E-state index is 12.2. The van der Waals surface area contributed by atoms with Gasteiger partial charge in [-0.3, -0.25) is 4.79 Å². The van der Waals surface area contributed by atoms with Crippen LogP contribution in [0.25, 0.3) is 0 Å². The van der Waals surface area contributed by atoms with Gasteiger partial charge in [0.1, 0.15) is 5.82 Å². The summed E-state index contributed by atoms with van der Waals surface area (Å²) in [6.45, 7) is 13.5. The Kier molecular flexibility index (Phi) is 5.70. The molecule has 1 aromatic rings. The molecule has 2 N–H and O–H groups in total. The molecule has 118 valence electrons. The van der Waals surface area contributed by atoms with Crippen molar-refractivity contribution < 1.29 is 4.79 Å². The SMILES string of the molecule is CCCNc1ccc(C(=O)NC(C)(C)CC(C)(C)C)nn1. The molecule has 0 radical (unpaired) electrons. The first-order valence-corrected chi connectivity index (χ1v) is 7.53. The second-order valence-electron chi connectivity index (χ2n) is 7.31. The molecule has 0 aliphatic heterocycles. The van der Waals surface area contributed by atoms with Gasteiger partial charge in [0.25, 0.3) is 5.91 Å². The number of carbonyl (C=O) groups excluding carboxylic acids is 1. The molecule has 1 aromatic heterocycles. The van der Waals surface area contributed by atoms with Gasteiger partial charge in [-0.2, -0.15) is 0 Å². The zero-order valence-corrected chi connectivity index (χ0v) is 14.1. The molecule has 0 aromatic carbocycles. The van der Waals surface area contributed by atoms with E-state index in [4.69, 9.17) is 0 Å². The van der Waals surface area contributed by atoms with E-state index in [-0.39, 0.29) is 16.9 Å². The number of amides is 1. The van der Waals surface area contributed by atoms with Crippen molar-refractivity contribution >= 4 is 11.7 Å². The monoisotopic (exact) mass is 292 g/mol. The highest BCUT2D eigenvalue weighted by atomic mass is 16.2. The summed E-state index contributed by atoms with van der Waals surface area (Å²) in [5.74, 6) is 0.515. The molecule has 0 atom stereocenters. The maximum Gasteiger partial charge on any atom is 0.272 e. The molecule has 21 heavy (non-hydrogen) atoms. The summed E-state index contributed by atoms with van der Waals surface area (Å²) in [4.78, 5) is 12.2. The second kappa shape index (κ2) is 6.87. The first-order valence-electron chi connectivity index (χ1n) is 7.53. The Labute approximate surface area is 127 Å². The molecule has 5 heteroatoms. The third-order valence-corrected chi connectivity index (χ3v) is 2.88. The summed E-state index contributed by atoms with van der Waals surface area (Å²) >= 11 is 0. The Morgan fingerprint density at radius 3 is 2.29 bits per heavy atom. The molecule has 1 heterocycles. The molecule has 0 unspecified atom stereocenters. The molecule has 1 amide bonds. The average molecular weight is 292 g/mol. The maximum absolute atomic E-state index is 12.2. The van der Waals surface area contributed by atoms with Crippen molar-refractivity contribution in [2.45, 2.75) is 59.9 Å². The minimum atomic E-state index is -0.282. The summed E-state index contributed by atoms with van der Waals surface area (Å²) in [5, 5.41) is 14.2. The van der Waals surface area contributed by atoms with E-state index < -0.39 is 0 Å². The lowest BCUT2D eigenvalue weighted by atomic mass is 9.82. The van der Waals surface area contributed by atoms with E-state index in [0.29, 0.717) is 11.5 Å². The topological polar surface area (TPSA) is 66.9 Å². The van der Waals surface area contributed by atoms with Crippen LogP contribution in [0.4, 0.5) is 5.82 Å². The number of anilines is 1. The van der Waals surface area contributed by atoms with Crippen molar-refractivity contribution in [1.29, 1.82) is 0 Å². The molecule has 0 fully saturated rings. The van der Waals surface area contributed by atoms with Crippen LogP contribution >= 0.6 is 0 Å². The van der Waals surface area contributed by atoms with Gasteiger partial charge in [0.15, 0.2) is 5.69 Å². The molecule has 0 aliphatic carbocycles. The van der Waals surface area contributed by atoms with E-state index >= 15 is 0 Å². The van der Waals surface area contributed by atoms with Crippen LogP contribution in [0.5, 0.6) is 0 Å². The molecular weight excluding hydrogens is 264 g/mol. The van der Waals surface area contributed by atoms with Crippen LogP contribution in [0, 0.1) is 5.41 Å². The van der Waals surface area contributed by atoms with Gasteiger partial charge in [0.05, 0.1) is 0 Å². The number of carbonyl (C=O) groups is 1. The third-order valence-electron chi connectivity index (χ3n) is 2.88. The van der Waals surface area contributed by atoms with Gasteiger partial charge in [-0.25, -0.2) is 0 Å². The van der Waals surface area contributed by atoms with Crippen LogP contribution in [0.1, 0.15) is 64.9 Å². The van der Waals surface area contributed by atoms with Crippen LogP contribution in [0.15, 0.2) is 12.1 Å². The minimum absolute atomic E-state index is 0.149. The highest BCUT2D eigenvalue weighted by molar-refractivity contribution is 5.92. The zero-order valence-electron chi connectivity index (χ0n) is 14.1. The van der Waals surface area contributed by atoms with Crippen molar-refractivity contribution in [3.63, 3.8) is 0 Å². The van der Waals surface area contributed by atoms with E-state index in [1.54, 1.807) is 12.1 Å². The molecule has 0 saturated heterocycles. The minimum Gasteiger partial charge on any atom is -0.369 e. The van der Waals surface area contributed by atoms with Gasteiger partial charge in [-0.15, -0.1) is 10.2 Å². The van der Waals surface area contributed by atoms with Crippen molar-refractivity contribution in [3.8, 4) is 0 Å². The number of hydrogen-bond donors (Lipinski definition) is 2. The smallest absolute Gasteiger partial charge is 0.272 e. The lowest BCUT2D eigenvalue weighted by molar-refractivity contribution is 0.0885. The highest BCUT2D eigenvalue weighted by Gasteiger charge is 2.27. The molecule has 5 nitrogen and oxygen atoms in total. The number of hydrogen-bond acceptors (Lipinski definition) is 4. The predicted molar refractivity (Wildman–Crippen MR) is 86.4 cm³/mol. The number of nitrogens with one attached hydrogen (secondary N) is 2. The number of rotatable bonds is 6. The fourth-order valence-corrected chi connectivity index (χ4v) is 2.54. The molecule has 0 bridgehead atoms. The van der Waals surface area contributed by atoms with E-state index in [9.17, 15) is 4.79 Å². The Balaban J connectivity index is 2.67. The van der Waals surface area contributed by atoms with Crippen molar-refractivity contribution in [2.24, 2.45) is 5.41 Å². The van der Waals surface area contributed by atoms with Crippen molar-refractivity contribution in [2.75, 3.05) is 11.9 Å². The molecule has 0 spiro atoms. The van der Waals surface area contributed by atoms with Crippen LogP contribution < -0.4 is 10.6 Å². The summed E-state index contributed by atoms with van der Waals surface area (Å²) in [6.07, 6.45) is 1.90. The van der Waals surface area contributed by atoms with E-state index in [1.165, 1.54) is 0 Å². The highest BCUT2D eigenvalue weighted by Crippen LogP contribution is 2.26. The van der Waals surface area contributed by atoms with Crippen LogP contribution in [-0.2, 0) is 0 Å². The Morgan fingerprint density at radius 2 is 1.81 bits per heavy atom. The zero-order chi connectivity index (χ0) is 16.1. The Bertz CT molecular complexity index is 460. The molecule has 0 aliphatic rings. The standard InChI is InChI=1S/C16H28N4O/c1-7-10-17-13-9-8-12(19-20-13)14(21)18-16(5,6)11-15(2,3)4/h8-9H,7,10-11H2,1-6H3,(H,17,20)(H,18,21). The van der Waals surface area contributed by atoms with Gasteiger partial charge < -0.3 is 10.6 Å². The van der Waals surface area contributed by atoms with Crippen molar-refractivity contribution in [3.05, 3.63) is 17.8 Å². The van der Waals surface area contributed by atoms with Gasteiger partial charge in [0.2, 0.25) is 0 Å². The summed E-state index contributed by atoms with van der Waals surface area (Å²) in [6, 6.07) is 3.49. The Morgan fingerprint density at radius 1 is 1.14 bits per heavy atom. The lowest BCUT2D eigenvalue weighted by Crippen LogP contribution is -2.46. The van der Waals surface area contributed by atoms with E-state index in [0.717, 1.165) is 19.4 Å². The fourth-order valence-electron chi connectivity index (χ4n) is 2.54. The third kappa shape index (κ3) is 6.56. The van der Waals surface area contributed by atoms with Gasteiger partial charge in [0, 0.05) is 12.1 Å². The largest absolute Gasteiger partial charge is 0.369 e. The Hall–Kier alpha value is -1.65. The summed E-state index contributed by atoms with van der Waals surface area (Å²) in [7, 11) is 0. The second-order valence-corrected chi connectivity index (χ2v) is 7.31. The summed E-state index contributed by atoms with van der Waals surface area (Å²) < 4.78 is 0. The predicted octanol–water partition coefficient (Wildman–Crippen LogP) is 3.24. The van der Waals surface area contributed by atoms with Gasteiger partial charge in [-0.1, -0.05) is 27.7 Å². The molecular formula is C16H28N4O. The molecule has 1 rings (SSSR count). The average Bonchev–Trinajstić information content (AvgIpc) is 2.33. The first-order chi connectivity index (χ1) is 9.63. The van der Waals surface area contributed by atoms with Crippen LogP contribution in [-0.4, -0.2) is 28.2 Å². The fraction of sp³-hybridized carbons (Fsp3) is 0.688. The van der Waals surface area contributed by atoms with Crippen molar-refractivity contribution in [1.82, 2.24) is 15.5 Å². The summed E-state index contributed by atoms with van der Waals surface area (Å²) in [5.41, 5.74) is 0.214. The lowest BCUT2D eigenvalue weighted by Gasteiger charge is -2.33. The quantitative estimate of drug-likeness (QED) is 0.844. The normalized spacial score (nSPS) is 12.1. The van der Waals surface area contributed by atoms with Gasteiger partial charge in [-0.05, 0) is 44.2 Å². The van der Waals surface area contributed by atoms with Crippen LogP contribution in [0.2, 0.25) is 0 Å². The van der Waals surface area contributed by atoms with Gasteiger partial charge >= 0.3 is 0 Å².